The van der Waals surface area contributed by atoms with Crippen LogP contribution < -0.4 is 0 Å². The van der Waals surface area contributed by atoms with Gasteiger partial charge in [0.1, 0.15) is 0 Å². The second-order valence-corrected chi connectivity index (χ2v) is 3.14. The molecule has 0 aliphatic carbocycles. The number of carbonyl (C=O) groups excluding carboxylic acids is 1. The van der Waals surface area contributed by atoms with Gasteiger partial charge in [-0.25, -0.2) is 9.31 Å². The number of rotatable bonds is 2. The number of hydrogen-bond donors (Lipinski definition) is 0. The van der Waals surface area contributed by atoms with E-state index >= 15 is 0 Å². The molecule has 15 heavy (non-hydrogen) atoms. The third-order valence-electron chi connectivity index (χ3n) is 2.24. The van der Waals surface area contributed by atoms with Crippen molar-refractivity contribution in [1.82, 2.24) is 14.8 Å². The van der Waals surface area contributed by atoms with Crippen LogP contribution >= 0.6 is 0 Å². The summed E-state index contributed by atoms with van der Waals surface area (Å²) in [6.07, 6.45) is 3.32. The van der Waals surface area contributed by atoms with Crippen LogP contribution in [0.5, 0.6) is 0 Å². The predicted octanol–water partition coefficient (Wildman–Crippen LogP) is 1.21. The fourth-order valence-electron chi connectivity index (χ4n) is 1.46. The molecule has 0 amide bonds. The molecular formula is C10H11N3O2. The summed E-state index contributed by atoms with van der Waals surface area (Å²) in [6, 6.07) is 1.69. The third kappa shape index (κ3) is 1.56. The first kappa shape index (κ1) is 9.64. The Bertz CT molecular complexity index is 504. The molecule has 0 aliphatic heterocycles. The van der Waals surface area contributed by atoms with Crippen molar-refractivity contribution >= 4 is 11.5 Å². The molecule has 0 aromatic carbocycles. The summed E-state index contributed by atoms with van der Waals surface area (Å²) < 4.78 is 6.57. The van der Waals surface area contributed by atoms with Crippen LogP contribution in [-0.4, -0.2) is 27.4 Å². The van der Waals surface area contributed by atoms with Crippen LogP contribution in [0, 0.1) is 6.92 Å². The molecular weight excluding hydrogens is 194 g/mol. The van der Waals surface area contributed by atoms with Gasteiger partial charge in [-0.3, -0.25) is 0 Å². The van der Waals surface area contributed by atoms with E-state index in [1.165, 1.54) is 0 Å². The molecule has 0 atom stereocenters. The SMILES string of the molecule is CCOC(=O)c1ccn2nncc2c1C. The number of fused-ring (bicyclic) bond motifs is 1. The molecule has 78 valence electrons. The van der Waals surface area contributed by atoms with E-state index in [9.17, 15) is 4.79 Å². The number of aromatic nitrogens is 3. The van der Waals surface area contributed by atoms with Crippen molar-refractivity contribution in [3.63, 3.8) is 0 Å². The Hall–Kier alpha value is -1.91. The van der Waals surface area contributed by atoms with E-state index in [2.05, 4.69) is 10.3 Å². The zero-order valence-corrected chi connectivity index (χ0v) is 8.60. The molecule has 0 fully saturated rings. The van der Waals surface area contributed by atoms with Gasteiger partial charge >= 0.3 is 5.97 Å². The first-order chi connectivity index (χ1) is 7.24. The highest BCUT2D eigenvalue weighted by Gasteiger charge is 2.12. The lowest BCUT2D eigenvalue weighted by Gasteiger charge is -2.05. The van der Waals surface area contributed by atoms with Crippen LogP contribution in [0.4, 0.5) is 0 Å². The Labute approximate surface area is 86.7 Å². The first-order valence-corrected chi connectivity index (χ1v) is 4.70. The molecule has 0 unspecified atom stereocenters. The average molecular weight is 205 g/mol. The van der Waals surface area contributed by atoms with Crippen LogP contribution in [0.25, 0.3) is 5.52 Å². The minimum Gasteiger partial charge on any atom is -0.462 e. The van der Waals surface area contributed by atoms with E-state index < -0.39 is 0 Å². The van der Waals surface area contributed by atoms with Crippen LogP contribution in [0.2, 0.25) is 0 Å². The van der Waals surface area contributed by atoms with Crippen molar-refractivity contribution in [1.29, 1.82) is 0 Å². The first-order valence-electron chi connectivity index (χ1n) is 4.70. The van der Waals surface area contributed by atoms with Crippen molar-refractivity contribution in [3.05, 3.63) is 29.6 Å². The lowest BCUT2D eigenvalue weighted by molar-refractivity contribution is 0.0525. The van der Waals surface area contributed by atoms with Crippen molar-refractivity contribution in [2.45, 2.75) is 13.8 Å². The maximum atomic E-state index is 11.6. The summed E-state index contributed by atoms with van der Waals surface area (Å²) >= 11 is 0. The Morgan fingerprint density at radius 1 is 1.60 bits per heavy atom. The molecule has 2 aromatic rings. The molecule has 0 aliphatic rings. The number of hydrogen-bond acceptors (Lipinski definition) is 4. The van der Waals surface area contributed by atoms with E-state index in [1.807, 2.05) is 6.92 Å². The van der Waals surface area contributed by atoms with Gasteiger partial charge in [0.15, 0.2) is 0 Å². The number of nitrogens with zero attached hydrogens (tertiary/aromatic N) is 3. The second-order valence-electron chi connectivity index (χ2n) is 3.14. The molecule has 0 spiro atoms. The molecule has 5 heteroatoms. The van der Waals surface area contributed by atoms with Crippen molar-refractivity contribution in [2.24, 2.45) is 0 Å². The molecule has 2 rings (SSSR count). The molecule has 0 radical (unpaired) electrons. The fourth-order valence-corrected chi connectivity index (χ4v) is 1.46. The Morgan fingerprint density at radius 2 is 2.40 bits per heavy atom. The highest BCUT2D eigenvalue weighted by molar-refractivity contribution is 5.92. The van der Waals surface area contributed by atoms with Crippen LogP contribution in [0.1, 0.15) is 22.8 Å². The Balaban J connectivity index is 2.52. The summed E-state index contributed by atoms with van der Waals surface area (Å²) in [7, 11) is 0. The maximum absolute atomic E-state index is 11.6. The summed E-state index contributed by atoms with van der Waals surface area (Å²) in [5.74, 6) is -0.307. The molecule has 5 nitrogen and oxygen atoms in total. The monoisotopic (exact) mass is 205 g/mol. The zero-order valence-electron chi connectivity index (χ0n) is 8.60. The fraction of sp³-hybridized carbons (Fsp3) is 0.300. The van der Waals surface area contributed by atoms with Gasteiger partial charge in [0, 0.05) is 6.20 Å². The molecule has 0 N–H and O–H groups in total. The third-order valence-corrected chi connectivity index (χ3v) is 2.24. The number of carbonyl (C=O) groups is 1. The largest absolute Gasteiger partial charge is 0.462 e. The summed E-state index contributed by atoms with van der Waals surface area (Å²) in [5, 5.41) is 7.61. The van der Waals surface area contributed by atoms with E-state index in [1.54, 1.807) is 29.9 Å². The predicted molar refractivity (Wildman–Crippen MR) is 53.7 cm³/mol. The number of ether oxygens (including phenoxy) is 1. The van der Waals surface area contributed by atoms with Gasteiger partial charge in [0.2, 0.25) is 0 Å². The Morgan fingerprint density at radius 3 is 3.13 bits per heavy atom. The van der Waals surface area contributed by atoms with Gasteiger partial charge < -0.3 is 4.74 Å². The van der Waals surface area contributed by atoms with Crippen molar-refractivity contribution < 1.29 is 9.53 Å². The Kier molecular flexibility index (Phi) is 2.37. The van der Waals surface area contributed by atoms with Gasteiger partial charge in [-0.15, -0.1) is 5.10 Å². The van der Waals surface area contributed by atoms with Gasteiger partial charge in [-0.1, -0.05) is 5.21 Å². The topological polar surface area (TPSA) is 56.5 Å². The normalized spacial score (nSPS) is 10.5. The molecule has 2 aromatic heterocycles. The van der Waals surface area contributed by atoms with Gasteiger partial charge in [-0.05, 0) is 25.5 Å². The number of pyridine rings is 1. The highest BCUT2D eigenvalue weighted by atomic mass is 16.5. The molecule has 2 heterocycles. The molecule has 0 saturated carbocycles. The van der Waals surface area contributed by atoms with Crippen molar-refractivity contribution in [2.75, 3.05) is 6.61 Å². The number of esters is 1. The standard InChI is InChI=1S/C10H11N3O2/c1-3-15-10(14)8-4-5-13-9(7(8)2)6-11-12-13/h4-6H,3H2,1-2H3. The smallest absolute Gasteiger partial charge is 0.338 e. The molecule has 0 saturated heterocycles. The van der Waals surface area contributed by atoms with Crippen molar-refractivity contribution in [3.8, 4) is 0 Å². The zero-order chi connectivity index (χ0) is 10.8. The van der Waals surface area contributed by atoms with E-state index in [-0.39, 0.29) is 5.97 Å². The average Bonchev–Trinajstić information content (AvgIpc) is 2.67. The highest BCUT2D eigenvalue weighted by Crippen LogP contribution is 2.14. The minimum atomic E-state index is -0.307. The summed E-state index contributed by atoms with van der Waals surface area (Å²) in [5.41, 5.74) is 2.22. The quantitative estimate of drug-likeness (QED) is 0.691. The van der Waals surface area contributed by atoms with Gasteiger partial charge in [0.25, 0.3) is 0 Å². The summed E-state index contributed by atoms with van der Waals surface area (Å²) in [4.78, 5) is 11.6. The van der Waals surface area contributed by atoms with Gasteiger partial charge in [-0.2, -0.15) is 0 Å². The lowest BCUT2D eigenvalue weighted by Crippen LogP contribution is -2.07. The molecule has 0 bridgehead atoms. The summed E-state index contributed by atoms with van der Waals surface area (Å²) in [6.45, 7) is 4.01. The van der Waals surface area contributed by atoms with Crippen LogP contribution in [0.15, 0.2) is 18.5 Å². The minimum absolute atomic E-state index is 0.307. The van der Waals surface area contributed by atoms with E-state index in [0.717, 1.165) is 11.1 Å². The van der Waals surface area contributed by atoms with E-state index in [4.69, 9.17) is 4.74 Å². The van der Waals surface area contributed by atoms with Crippen LogP contribution in [-0.2, 0) is 4.74 Å². The number of aryl methyl sites for hydroxylation is 1. The lowest BCUT2D eigenvalue weighted by atomic mass is 10.1. The van der Waals surface area contributed by atoms with Gasteiger partial charge in [0.05, 0.1) is 23.9 Å². The van der Waals surface area contributed by atoms with E-state index in [0.29, 0.717) is 12.2 Å². The van der Waals surface area contributed by atoms with Crippen LogP contribution in [0.3, 0.4) is 0 Å². The maximum Gasteiger partial charge on any atom is 0.338 e. The second kappa shape index (κ2) is 3.68.